The summed E-state index contributed by atoms with van der Waals surface area (Å²) in [6.07, 6.45) is 0.517. The van der Waals surface area contributed by atoms with Gasteiger partial charge in [-0.3, -0.25) is 4.79 Å². The van der Waals surface area contributed by atoms with Gasteiger partial charge in [0.2, 0.25) is 0 Å². The maximum atomic E-state index is 12.0. The van der Waals surface area contributed by atoms with E-state index in [1.807, 2.05) is 31.2 Å². The lowest BCUT2D eigenvalue weighted by molar-refractivity contribution is -0.137. The molecule has 1 heterocycles. The van der Waals surface area contributed by atoms with Crippen LogP contribution in [0.4, 0.5) is 4.79 Å². The highest BCUT2D eigenvalue weighted by Crippen LogP contribution is 2.22. The number of carbonyl (C=O) groups is 2. The van der Waals surface area contributed by atoms with E-state index < -0.39 is 5.97 Å². The van der Waals surface area contributed by atoms with Crippen LogP contribution in [0.5, 0.6) is 0 Å². The third kappa shape index (κ3) is 3.47. The van der Waals surface area contributed by atoms with Gasteiger partial charge in [-0.15, -0.1) is 0 Å². The summed E-state index contributed by atoms with van der Waals surface area (Å²) in [6.45, 7) is 3.06. The Morgan fingerprint density at radius 2 is 1.89 bits per heavy atom. The fourth-order valence-corrected chi connectivity index (χ4v) is 2.19. The van der Waals surface area contributed by atoms with Gasteiger partial charge in [0, 0.05) is 25.6 Å². The molecule has 5 nitrogen and oxygen atoms in total. The third-order valence-electron chi connectivity index (χ3n) is 3.29. The lowest BCUT2D eigenvalue weighted by Crippen LogP contribution is -2.41. The number of urea groups is 1. The number of fused-ring (bicyclic) bond motifs is 1. The molecular formula is C14H18N2O3. The first-order valence-corrected chi connectivity index (χ1v) is 6.40. The molecule has 5 heteroatoms. The number of amides is 2. The number of aliphatic carboxylic acids is 1. The van der Waals surface area contributed by atoms with Crippen LogP contribution in [0.15, 0.2) is 24.3 Å². The number of hydrogen-bond donors (Lipinski definition) is 2. The summed E-state index contributed by atoms with van der Waals surface area (Å²) in [7, 11) is 0. The second kappa shape index (κ2) is 5.73. The summed E-state index contributed by atoms with van der Waals surface area (Å²) in [5.41, 5.74) is 2.35. The van der Waals surface area contributed by atoms with Gasteiger partial charge in [0.25, 0.3) is 0 Å². The summed E-state index contributed by atoms with van der Waals surface area (Å²) < 4.78 is 0. The predicted molar refractivity (Wildman–Crippen MR) is 70.6 cm³/mol. The fourth-order valence-electron chi connectivity index (χ4n) is 2.19. The van der Waals surface area contributed by atoms with Crippen molar-refractivity contribution in [2.45, 2.75) is 38.9 Å². The first-order chi connectivity index (χ1) is 9.06. The zero-order valence-electron chi connectivity index (χ0n) is 10.9. The Morgan fingerprint density at radius 3 is 2.42 bits per heavy atom. The van der Waals surface area contributed by atoms with E-state index in [1.165, 1.54) is 11.1 Å². The van der Waals surface area contributed by atoms with Gasteiger partial charge < -0.3 is 15.3 Å². The van der Waals surface area contributed by atoms with Crippen LogP contribution in [-0.4, -0.2) is 28.0 Å². The molecule has 0 aromatic heterocycles. The Morgan fingerprint density at radius 1 is 1.32 bits per heavy atom. The molecule has 2 N–H and O–H groups in total. The Bertz CT molecular complexity index is 462. The number of nitrogens with one attached hydrogen (secondary N) is 1. The topological polar surface area (TPSA) is 69.6 Å². The minimum absolute atomic E-state index is 0.0711. The zero-order valence-corrected chi connectivity index (χ0v) is 10.9. The van der Waals surface area contributed by atoms with E-state index in [1.54, 1.807) is 4.90 Å². The highest BCUT2D eigenvalue weighted by atomic mass is 16.4. The predicted octanol–water partition coefficient (Wildman–Crippen LogP) is 1.97. The molecule has 102 valence electrons. The Labute approximate surface area is 112 Å². The fraction of sp³-hybridized carbons (Fsp3) is 0.429. The average molecular weight is 262 g/mol. The van der Waals surface area contributed by atoms with Crippen LogP contribution in [0.25, 0.3) is 0 Å². The number of hydrogen-bond acceptors (Lipinski definition) is 2. The molecular weight excluding hydrogens is 244 g/mol. The second-order valence-corrected chi connectivity index (χ2v) is 4.91. The second-order valence-electron chi connectivity index (χ2n) is 4.91. The largest absolute Gasteiger partial charge is 0.481 e. The van der Waals surface area contributed by atoms with Crippen LogP contribution in [0, 0.1) is 0 Å². The van der Waals surface area contributed by atoms with Crippen molar-refractivity contribution in [2.24, 2.45) is 0 Å². The van der Waals surface area contributed by atoms with E-state index in [0.29, 0.717) is 19.5 Å². The lowest BCUT2D eigenvalue weighted by Gasteiger charge is -2.20. The van der Waals surface area contributed by atoms with Crippen LogP contribution in [0.2, 0.25) is 0 Å². The van der Waals surface area contributed by atoms with Crippen molar-refractivity contribution in [3.05, 3.63) is 35.4 Å². The molecule has 0 spiro atoms. The molecule has 1 unspecified atom stereocenters. The molecule has 0 saturated heterocycles. The number of carboxylic acids is 1. The Hall–Kier alpha value is -2.04. The smallest absolute Gasteiger partial charge is 0.318 e. The molecule has 1 aromatic rings. The molecule has 1 aliphatic rings. The average Bonchev–Trinajstić information content (AvgIpc) is 2.80. The van der Waals surface area contributed by atoms with Gasteiger partial charge in [-0.05, 0) is 24.5 Å². The highest BCUT2D eigenvalue weighted by Gasteiger charge is 2.23. The van der Waals surface area contributed by atoms with Crippen LogP contribution < -0.4 is 5.32 Å². The summed E-state index contributed by atoms with van der Waals surface area (Å²) >= 11 is 0. The van der Waals surface area contributed by atoms with Crippen molar-refractivity contribution in [2.75, 3.05) is 0 Å². The van der Waals surface area contributed by atoms with Crippen LogP contribution in [-0.2, 0) is 17.9 Å². The first kappa shape index (κ1) is 13.4. The zero-order chi connectivity index (χ0) is 13.8. The minimum atomic E-state index is -0.838. The van der Waals surface area contributed by atoms with Gasteiger partial charge in [-0.2, -0.15) is 0 Å². The van der Waals surface area contributed by atoms with E-state index in [9.17, 15) is 9.59 Å². The van der Waals surface area contributed by atoms with Gasteiger partial charge in [0.05, 0.1) is 0 Å². The van der Waals surface area contributed by atoms with Gasteiger partial charge in [0.15, 0.2) is 0 Å². The number of carbonyl (C=O) groups excluding carboxylic acids is 1. The molecule has 0 fully saturated rings. The van der Waals surface area contributed by atoms with Crippen LogP contribution >= 0.6 is 0 Å². The van der Waals surface area contributed by atoms with E-state index >= 15 is 0 Å². The van der Waals surface area contributed by atoms with Crippen molar-refractivity contribution in [3.63, 3.8) is 0 Å². The van der Waals surface area contributed by atoms with Crippen molar-refractivity contribution in [1.82, 2.24) is 10.2 Å². The monoisotopic (exact) mass is 262 g/mol. The lowest BCUT2D eigenvalue weighted by atomic mass is 10.1. The molecule has 0 saturated carbocycles. The molecule has 0 radical (unpaired) electrons. The van der Waals surface area contributed by atoms with Gasteiger partial charge in [-0.25, -0.2) is 4.79 Å². The van der Waals surface area contributed by atoms with E-state index in [0.717, 1.165) is 0 Å². The summed E-state index contributed by atoms with van der Waals surface area (Å²) in [5, 5.41) is 11.4. The van der Waals surface area contributed by atoms with Crippen molar-refractivity contribution >= 4 is 12.0 Å². The van der Waals surface area contributed by atoms with Crippen LogP contribution in [0.1, 0.15) is 30.9 Å². The number of nitrogens with zero attached hydrogens (tertiary/aromatic N) is 1. The molecule has 1 atom stereocenters. The highest BCUT2D eigenvalue weighted by molar-refractivity contribution is 5.75. The van der Waals surface area contributed by atoms with E-state index in [4.69, 9.17) is 5.11 Å². The molecule has 2 rings (SSSR count). The number of rotatable bonds is 4. The summed E-state index contributed by atoms with van der Waals surface area (Å²) in [6, 6.07) is 7.72. The minimum Gasteiger partial charge on any atom is -0.481 e. The first-order valence-electron chi connectivity index (χ1n) is 6.40. The SMILES string of the molecule is CC(CCC(=O)O)NC(=O)N1Cc2ccccc2C1. The quantitative estimate of drug-likeness (QED) is 0.871. The van der Waals surface area contributed by atoms with Crippen molar-refractivity contribution < 1.29 is 14.7 Å². The van der Waals surface area contributed by atoms with E-state index in [2.05, 4.69) is 5.32 Å². The van der Waals surface area contributed by atoms with Gasteiger partial charge in [-0.1, -0.05) is 24.3 Å². The molecule has 19 heavy (non-hydrogen) atoms. The summed E-state index contributed by atoms with van der Waals surface area (Å²) in [5.74, 6) is -0.838. The molecule has 2 amide bonds. The van der Waals surface area contributed by atoms with Gasteiger partial charge in [0.1, 0.15) is 0 Å². The summed E-state index contributed by atoms with van der Waals surface area (Å²) in [4.78, 5) is 24.2. The van der Waals surface area contributed by atoms with Gasteiger partial charge >= 0.3 is 12.0 Å². The standard InChI is InChI=1S/C14H18N2O3/c1-10(6-7-13(17)18)15-14(19)16-8-11-4-2-3-5-12(11)9-16/h2-5,10H,6-9H2,1H3,(H,15,19)(H,17,18). The molecule has 1 aromatic carbocycles. The number of carboxylic acid groups (broad SMARTS) is 1. The number of benzene rings is 1. The normalized spacial score (nSPS) is 14.9. The Balaban J connectivity index is 1.84. The third-order valence-corrected chi connectivity index (χ3v) is 3.29. The Kier molecular flexibility index (Phi) is 4.04. The van der Waals surface area contributed by atoms with Crippen molar-refractivity contribution in [1.29, 1.82) is 0 Å². The van der Waals surface area contributed by atoms with Crippen molar-refractivity contribution in [3.8, 4) is 0 Å². The van der Waals surface area contributed by atoms with Crippen LogP contribution in [0.3, 0.4) is 0 Å². The molecule has 0 aliphatic carbocycles. The maximum Gasteiger partial charge on any atom is 0.318 e. The maximum absolute atomic E-state index is 12.0. The molecule has 0 bridgehead atoms. The van der Waals surface area contributed by atoms with E-state index in [-0.39, 0.29) is 18.5 Å². The molecule has 1 aliphatic heterocycles.